The zero-order valence-electron chi connectivity index (χ0n) is 12.3. The van der Waals surface area contributed by atoms with Crippen LogP contribution in [0.15, 0.2) is 9.59 Å². The molecular weight excluding hydrogens is 306 g/mol. The van der Waals surface area contributed by atoms with Crippen LogP contribution in [-0.4, -0.2) is 67.9 Å². The van der Waals surface area contributed by atoms with Gasteiger partial charge in [0, 0.05) is 32.0 Å². The lowest BCUT2D eigenvalue weighted by molar-refractivity contribution is 0.150. The molecule has 0 amide bonds. The van der Waals surface area contributed by atoms with Crippen molar-refractivity contribution in [3.8, 4) is 0 Å². The lowest BCUT2D eigenvalue weighted by atomic mass is 10.1. The summed E-state index contributed by atoms with van der Waals surface area (Å²) in [6.45, 7) is 2.27. The van der Waals surface area contributed by atoms with Gasteiger partial charge in [-0.15, -0.1) is 0 Å². The number of β-amino-alcohol motifs (C(OH)–C–C–N with tert-alkyl or cyclic N) is 1. The van der Waals surface area contributed by atoms with Gasteiger partial charge >= 0.3 is 5.69 Å². The maximum absolute atomic E-state index is 11.6. The number of aromatic amines is 3. The number of nitrogens with one attached hydrogen (secondary N) is 3. The number of thioether (sulfide) groups is 1. The van der Waals surface area contributed by atoms with Crippen molar-refractivity contribution in [2.45, 2.75) is 12.5 Å². The summed E-state index contributed by atoms with van der Waals surface area (Å²) in [7, 11) is 0. The summed E-state index contributed by atoms with van der Waals surface area (Å²) in [6.07, 6.45) is 2.39. The smallest absolute Gasteiger partial charge is 0.326 e. The van der Waals surface area contributed by atoms with E-state index in [9.17, 15) is 14.7 Å². The van der Waals surface area contributed by atoms with Crippen LogP contribution < -0.4 is 11.2 Å². The number of hydrogen-bond donors (Lipinski definition) is 4. The molecule has 0 aliphatic carbocycles. The van der Waals surface area contributed by atoms with Crippen LogP contribution in [-0.2, 0) is 6.42 Å². The summed E-state index contributed by atoms with van der Waals surface area (Å²) in [4.78, 5) is 30.0. The van der Waals surface area contributed by atoms with Crippen LogP contribution in [0.25, 0.3) is 11.0 Å². The Morgan fingerprint density at radius 1 is 1.36 bits per heavy atom. The molecule has 0 unspecified atom stereocenters. The van der Waals surface area contributed by atoms with Crippen LogP contribution in [0.2, 0.25) is 0 Å². The van der Waals surface area contributed by atoms with Gasteiger partial charge < -0.3 is 10.1 Å². The quantitative estimate of drug-likeness (QED) is 0.568. The fraction of sp³-hybridized carbons (Fsp3) is 0.615. The van der Waals surface area contributed by atoms with Crippen molar-refractivity contribution in [3.63, 3.8) is 0 Å². The first-order valence-corrected chi connectivity index (χ1v) is 8.56. The van der Waals surface area contributed by atoms with Gasteiger partial charge in [-0.25, -0.2) is 4.79 Å². The largest absolute Gasteiger partial charge is 0.391 e. The minimum atomic E-state index is -0.531. The van der Waals surface area contributed by atoms with E-state index in [2.05, 4.69) is 25.1 Å². The third-order valence-electron chi connectivity index (χ3n) is 4.06. The molecule has 3 heterocycles. The molecular formula is C13H19N5O3S. The highest BCUT2D eigenvalue weighted by molar-refractivity contribution is 7.98. The molecule has 0 radical (unpaired) electrons. The topological polar surface area (TPSA) is 118 Å². The first kappa shape index (κ1) is 15.3. The molecule has 0 bridgehead atoms. The Morgan fingerprint density at radius 2 is 2.18 bits per heavy atom. The van der Waals surface area contributed by atoms with E-state index in [1.807, 2.05) is 6.26 Å². The number of aliphatic hydroxyl groups is 1. The van der Waals surface area contributed by atoms with Gasteiger partial charge in [0.05, 0.1) is 17.3 Å². The highest BCUT2D eigenvalue weighted by atomic mass is 32.2. The predicted octanol–water partition coefficient (Wildman–Crippen LogP) is -0.862. The fourth-order valence-electron chi connectivity index (χ4n) is 2.94. The molecule has 2 aromatic heterocycles. The molecule has 2 aromatic rings. The highest BCUT2D eigenvalue weighted by Gasteiger charge is 2.30. The van der Waals surface area contributed by atoms with Crippen molar-refractivity contribution < 1.29 is 5.11 Å². The summed E-state index contributed by atoms with van der Waals surface area (Å²) in [5.41, 5.74) is 0.404. The van der Waals surface area contributed by atoms with Gasteiger partial charge in [-0.05, 0) is 12.0 Å². The van der Waals surface area contributed by atoms with Gasteiger partial charge in [-0.1, -0.05) is 0 Å². The first-order chi connectivity index (χ1) is 10.6. The number of rotatable bonds is 5. The molecule has 1 aliphatic rings. The standard InChI is InChI=1S/C13H19N5O3S/c1-22-6-7-4-18(5-9(7)19)3-2-8-10-11(17-16-8)12(20)15-13(21)14-10/h7,9,19H,2-6H2,1H3,(H,16,17)(H2,14,15,20,21)/t7-,9-/m0/s1. The number of H-pyrrole nitrogens is 3. The van der Waals surface area contributed by atoms with Crippen LogP contribution >= 0.6 is 11.8 Å². The SMILES string of the molecule is CSC[C@@H]1CN(CCc2[nH]nc3c(=O)[nH]c(=O)[nH]c23)C[C@@H]1O. The number of nitrogens with zero attached hydrogens (tertiary/aromatic N) is 2. The second-order valence-corrected chi connectivity index (χ2v) is 6.54. The number of aromatic nitrogens is 4. The van der Waals surface area contributed by atoms with Gasteiger partial charge in [0.1, 0.15) is 0 Å². The number of fused-ring (bicyclic) bond motifs is 1. The molecule has 3 rings (SSSR count). The molecule has 22 heavy (non-hydrogen) atoms. The Morgan fingerprint density at radius 3 is 2.95 bits per heavy atom. The molecule has 120 valence electrons. The Bertz CT molecular complexity index is 767. The van der Waals surface area contributed by atoms with E-state index in [-0.39, 0.29) is 11.6 Å². The maximum Gasteiger partial charge on any atom is 0.326 e. The van der Waals surface area contributed by atoms with E-state index in [0.29, 0.717) is 24.4 Å². The molecule has 4 N–H and O–H groups in total. The van der Waals surface area contributed by atoms with Crippen LogP contribution in [0.3, 0.4) is 0 Å². The van der Waals surface area contributed by atoms with Gasteiger partial charge in [-0.3, -0.25) is 19.8 Å². The van der Waals surface area contributed by atoms with Crippen molar-refractivity contribution in [1.82, 2.24) is 25.1 Å². The monoisotopic (exact) mass is 325 g/mol. The summed E-state index contributed by atoms with van der Waals surface area (Å²) >= 11 is 1.74. The van der Waals surface area contributed by atoms with Gasteiger partial charge in [0.2, 0.25) is 0 Å². The Labute approximate surface area is 130 Å². The Balaban J connectivity index is 1.70. The predicted molar refractivity (Wildman–Crippen MR) is 85.4 cm³/mol. The molecule has 8 nitrogen and oxygen atoms in total. The van der Waals surface area contributed by atoms with Gasteiger partial charge in [0.15, 0.2) is 5.52 Å². The fourth-order valence-corrected chi connectivity index (χ4v) is 3.69. The molecule has 1 aliphatic heterocycles. The third kappa shape index (κ3) is 2.96. The molecule has 0 spiro atoms. The zero-order chi connectivity index (χ0) is 15.7. The summed E-state index contributed by atoms with van der Waals surface area (Å²) in [5.74, 6) is 1.25. The molecule has 1 saturated heterocycles. The van der Waals surface area contributed by atoms with Crippen LogP contribution in [0.5, 0.6) is 0 Å². The second kappa shape index (κ2) is 6.27. The average molecular weight is 325 g/mol. The lowest BCUT2D eigenvalue weighted by Crippen LogP contribution is -2.25. The van der Waals surface area contributed by atoms with Crippen LogP contribution in [0.4, 0.5) is 0 Å². The number of aliphatic hydroxyl groups excluding tert-OH is 1. The van der Waals surface area contributed by atoms with Crippen LogP contribution in [0, 0.1) is 5.92 Å². The molecule has 2 atom stereocenters. The normalized spacial score (nSPS) is 22.6. The lowest BCUT2D eigenvalue weighted by Gasteiger charge is -2.14. The first-order valence-electron chi connectivity index (χ1n) is 7.17. The third-order valence-corrected chi connectivity index (χ3v) is 4.82. The van der Waals surface area contributed by atoms with E-state index < -0.39 is 11.2 Å². The van der Waals surface area contributed by atoms with Crippen molar-refractivity contribution in [2.75, 3.05) is 31.6 Å². The second-order valence-electron chi connectivity index (χ2n) is 5.63. The molecule has 0 saturated carbocycles. The summed E-state index contributed by atoms with van der Waals surface area (Å²) in [5, 5.41) is 16.8. The van der Waals surface area contributed by atoms with Gasteiger partial charge in [-0.2, -0.15) is 16.9 Å². The minimum Gasteiger partial charge on any atom is -0.391 e. The van der Waals surface area contributed by atoms with E-state index in [0.717, 1.165) is 24.5 Å². The molecule has 1 fully saturated rings. The Kier molecular flexibility index (Phi) is 4.37. The van der Waals surface area contributed by atoms with Crippen molar-refractivity contribution >= 4 is 22.8 Å². The molecule has 0 aromatic carbocycles. The van der Waals surface area contributed by atoms with Crippen molar-refractivity contribution in [1.29, 1.82) is 0 Å². The van der Waals surface area contributed by atoms with E-state index in [1.54, 1.807) is 11.8 Å². The van der Waals surface area contributed by atoms with Crippen molar-refractivity contribution in [3.05, 3.63) is 26.5 Å². The minimum absolute atomic E-state index is 0.219. The number of hydrogen-bond acceptors (Lipinski definition) is 6. The van der Waals surface area contributed by atoms with E-state index in [4.69, 9.17) is 0 Å². The van der Waals surface area contributed by atoms with Crippen molar-refractivity contribution in [2.24, 2.45) is 5.92 Å². The summed E-state index contributed by atoms with van der Waals surface area (Å²) < 4.78 is 0. The summed E-state index contributed by atoms with van der Waals surface area (Å²) in [6, 6.07) is 0. The average Bonchev–Trinajstić information content (AvgIpc) is 3.01. The molecule has 9 heteroatoms. The number of likely N-dealkylation sites (tertiary alicyclic amines) is 1. The zero-order valence-corrected chi connectivity index (χ0v) is 13.1. The maximum atomic E-state index is 11.6. The Hall–Kier alpha value is -1.58. The van der Waals surface area contributed by atoms with Gasteiger partial charge in [0.25, 0.3) is 5.56 Å². The van der Waals surface area contributed by atoms with Crippen LogP contribution in [0.1, 0.15) is 5.69 Å². The van der Waals surface area contributed by atoms with E-state index >= 15 is 0 Å². The highest BCUT2D eigenvalue weighted by Crippen LogP contribution is 2.21. The van der Waals surface area contributed by atoms with E-state index in [1.165, 1.54) is 0 Å².